The smallest absolute Gasteiger partial charge is 0.239 e. The molecule has 1 N–H and O–H groups in total. The summed E-state index contributed by atoms with van der Waals surface area (Å²) in [4.78, 5) is 26.2. The first-order chi connectivity index (χ1) is 11.5. The number of hydrogen-bond donors (Lipinski definition) is 1. The minimum atomic E-state index is -0.706. The lowest BCUT2D eigenvalue weighted by atomic mass is 10.1. The third kappa shape index (κ3) is 3.57. The molecule has 0 radical (unpaired) electrons. The van der Waals surface area contributed by atoms with Crippen LogP contribution in [0.25, 0.3) is 0 Å². The molecule has 2 amide bonds. The fourth-order valence-electron chi connectivity index (χ4n) is 2.72. The van der Waals surface area contributed by atoms with Crippen LogP contribution >= 0.6 is 11.6 Å². The summed E-state index contributed by atoms with van der Waals surface area (Å²) in [5.74, 6) is -1.61. The molecule has 0 aromatic heterocycles. The highest BCUT2D eigenvalue weighted by Crippen LogP contribution is 2.25. The zero-order valence-corrected chi connectivity index (χ0v) is 13.6. The summed E-state index contributed by atoms with van der Waals surface area (Å²) in [6.07, 6.45) is 0.447. The van der Waals surface area contributed by atoms with Gasteiger partial charge >= 0.3 is 0 Å². The van der Waals surface area contributed by atoms with E-state index in [2.05, 4.69) is 5.32 Å². The number of amides is 2. The Bertz CT molecular complexity index is 747. The van der Waals surface area contributed by atoms with Crippen molar-refractivity contribution < 1.29 is 14.0 Å². The van der Waals surface area contributed by atoms with E-state index in [4.69, 9.17) is 11.6 Å². The molecule has 3 rings (SSSR count). The Hall–Kier alpha value is -2.40. The maximum absolute atomic E-state index is 13.0. The fraction of sp³-hybridized carbons (Fsp3) is 0.222. The molecule has 0 saturated carbocycles. The molecule has 1 saturated heterocycles. The Morgan fingerprint density at radius 1 is 1.17 bits per heavy atom. The summed E-state index contributed by atoms with van der Waals surface area (Å²) in [5, 5.41) is 3.41. The van der Waals surface area contributed by atoms with Crippen LogP contribution in [0, 0.1) is 11.7 Å². The Balaban J connectivity index is 1.61. The standard InChI is InChI=1S/C18H16ClFN2O2/c19-13-3-1-12(2-4-13)11-21-17(23)16-9-10-22(18(16)24)15-7-5-14(20)6-8-15/h1-8,16H,9-11H2,(H,21,23)/t16-/m0/s1. The van der Waals surface area contributed by atoms with Crippen LogP contribution in [0.1, 0.15) is 12.0 Å². The maximum atomic E-state index is 13.0. The first-order valence-electron chi connectivity index (χ1n) is 7.64. The van der Waals surface area contributed by atoms with Gasteiger partial charge in [-0.25, -0.2) is 4.39 Å². The zero-order valence-electron chi connectivity index (χ0n) is 12.8. The van der Waals surface area contributed by atoms with Crippen molar-refractivity contribution in [2.24, 2.45) is 5.92 Å². The number of rotatable bonds is 4. The number of nitrogens with zero attached hydrogens (tertiary/aromatic N) is 1. The van der Waals surface area contributed by atoms with Crippen molar-refractivity contribution in [1.29, 1.82) is 0 Å². The molecule has 2 aromatic rings. The third-order valence-electron chi connectivity index (χ3n) is 4.04. The van der Waals surface area contributed by atoms with Crippen LogP contribution in [-0.4, -0.2) is 18.4 Å². The van der Waals surface area contributed by atoms with Crippen molar-refractivity contribution in [3.63, 3.8) is 0 Å². The van der Waals surface area contributed by atoms with Crippen molar-refractivity contribution in [3.8, 4) is 0 Å². The summed E-state index contributed by atoms with van der Waals surface area (Å²) >= 11 is 5.82. The minimum Gasteiger partial charge on any atom is -0.351 e. The summed E-state index contributed by atoms with van der Waals surface area (Å²) in [7, 11) is 0. The quantitative estimate of drug-likeness (QED) is 0.865. The van der Waals surface area contributed by atoms with E-state index in [1.54, 1.807) is 24.3 Å². The molecule has 2 aromatic carbocycles. The van der Waals surface area contributed by atoms with Crippen molar-refractivity contribution in [3.05, 3.63) is 64.9 Å². The molecule has 6 heteroatoms. The van der Waals surface area contributed by atoms with Crippen molar-refractivity contribution in [2.45, 2.75) is 13.0 Å². The zero-order chi connectivity index (χ0) is 17.1. The summed E-state index contributed by atoms with van der Waals surface area (Å²) < 4.78 is 13.0. The van der Waals surface area contributed by atoms with Crippen LogP contribution in [-0.2, 0) is 16.1 Å². The SMILES string of the molecule is O=C(NCc1ccc(Cl)cc1)[C@@H]1CCN(c2ccc(F)cc2)C1=O. The second-order valence-electron chi connectivity index (χ2n) is 5.65. The van der Waals surface area contributed by atoms with Gasteiger partial charge in [-0.2, -0.15) is 0 Å². The lowest BCUT2D eigenvalue weighted by molar-refractivity contribution is -0.132. The van der Waals surface area contributed by atoms with E-state index in [0.29, 0.717) is 30.2 Å². The Kier molecular flexibility index (Phi) is 4.81. The van der Waals surface area contributed by atoms with E-state index < -0.39 is 5.92 Å². The highest BCUT2D eigenvalue weighted by molar-refractivity contribution is 6.30. The van der Waals surface area contributed by atoms with Gasteiger partial charge in [0, 0.05) is 23.8 Å². The normalized spacial score (nSPS) is 17.2. The van der Waals surface area contributed by atoms with E-state index in [1.165, 1.54) is 17.0 Å². The molecule has 0 aliphatic carbocycles. The van der Waals surface area contributed by atoms with Crippen molar-refractivity contribution in [2.75, 3.05) is 11.4 Å². The molecule has 124 valence electrons. The van der Waals surface area contributed by atoms with Crippen LogP contribution in [0.3, 0.4) is 0 Å². The molecule has 0 unspecified atom stereocenters. The number of halogens is 2. The monoisotopic (exact) mass is 346 g/mol. The number of benzene rings is 2. The van der Waals surface area contributed by atoms with E-state index in [0.717, 1.165) is 5.56 Å². The Morgan fingerprint density at radius 3 is 2.50 bits per heavy atom. The lowest BCUT2D eigenvalue weighted by Crippen LogP contribution is -2.36. The largest absolute Gasteiger partial charge is 0.351 e. The fourth-order valence-corrected chi connectivity index (χ4v) is 2.84. The van der Waals surface area contributed by atoms with Crippen LogP contribution in [0.4, 0.5) is 10.1 Å². The predicted octanol–water partition coefficient (Wildman–Crippen LogP) is 3.15. The highest BCUT2D eigenvalue weighted by atomic mass is 35.5. The van der Waals surface area contributed by atoms with Gasteiger partial charge < -0.3 is 10.2 Å². The average Bonchev–Trinajstić information content (AvgIpc) is 2.96. The summed E-state index contributed by atoms with van der Waals surface area (Å²) in [6.45, 7) is 0.791. The molecule has 1 atom stereocenters. The van der Waals surface area contributed by atoms with Crippen molar-refractivity contribution >= 4 is 29.1 Å². The van der Waals surface area contributed by atoms with E-state index in [-0.39, 0.29) is 17.6 Å². The lowest BCUT2D eigenvalue weighted by Gasteiger charge is -2.16. The number of carbonyl (C=O) groups is 2. The second kappa shape index (κ2) is 7.01. The molecule has 1 aliphatic rings. The molecule has 4 nitrogen and oxygen atoms in total. The predicted molar refractivity (Wildman–Crippen MR) is 90.2 cm³/mol. The number of carbonyl (C=O) groups excluding carboxylic acids is 2. The average molecular weight is 347 g/mol. The van der Waals surface area contributed by atoms with Gasteiger partial charge in [-0.1, -0.05) is 23.7 Å². The topological polar surface area (TPSA) is 49.4 Å². The van der Waals surface area contributed by atoms with Gasteiger partial charge in [0.05, 0.1) is 0 Å². The Labute approximate surface area is 144 Å². The number of nitrogens with one attached hydrogen (secondary N) is 1. The summed E-state index contributed by atoms with van der Waals surface area (Å²) in [6, 6.07) is 12.8. The molecular weight excluding hydrogens is 331 g/mol. The first kappa shape index (κ1) is 16.5. The molecule has 24 heavy (non-hydrogen) atoms. The van der Waals surface area contributed by atoms with Gasteiger partial charge in [-0.15, -0.1) is 0 Å². The van der Waals surface area contributed by atoms with Crippen LogP contribution in [0.5, 0.6) is 0 Å². The van der Waals surface area contributed by atoms with E-state index >= 15 is 0 Å². The van der Waals surface area contributed by atoms with Gasteiger partial charge in [0.2, 0.25) is 11.8 Å². The molecule has 1 aliphatic heterocycles. The molecule has 1 fully saturated rings. The van der Waals surface area contributed by atoms with Gasteiger partial charge in [0.15, 0.2) is 0 Å². The maximum Gasteiger partial charge on any atom is 0.239 e. The summed E-state index contributed by atoms with van der Waals surface area (Å²) in [5.41, 5.74) is 1.52. The highest BCUT2D eigenvalue weighted by Gasteiger charge is 2.37. The van der Waals surface area contributed by atoms with Crippen LogP contribution in [0.15, 0.2) is 48.5 Å². The number of anilines is 1. The molecular formula is C18H16ClFN2O2. The van der Waals surface area contributed by atoms with E-state index in [9.17, 15) is 14.0 Å². The Morgan fingerprint density at radius 2 is 1.83 bits per heavy atom. The second-order valence-corrected chi connectivity index (χ2v) is 6.09. The van der Waals surface area contributed by atoms with Crippen molar-refractivity contribution in [1.82, 2.24) is 5.32 Å². The third-order valence-corrected chi connectivity index (χ3v) is 4.29. The number of hydrogen-bond acceptors (Lipinski definition) is 2. The first-order valence-corrected chi connectivity index (χ1v) is 8.01. The minimum absolute atomic E-state index is 0.254. The van der Waals surface area contributed by atoms with Gasteiger partial charge in [-0.05, 0) is 48.4 Å². The molecule has 0 bridgehead atoms. The molecule has 0 spiro atoms. The van der Waals surface area contributed by atoms with Crippen LogP contribution < -0.4 is 10.2 Å². The van der Waals surface area contributed by atoms with Crippen LogP contribution in [0.2, 0.25) is 5.02 Å². The molecule has 1 heterocycles. The van der Waals surface area contributed by atoms with Gasteiger partial charge in [0.25, 0.3) is 0 Å². The van der Waals surface area contributed by atoms with Gasteiger partial charge in [0.1, 0.15) is 11.7 Å². The van der Waals surface area contributed by atoms with E-state index in [1.807, 2.05) is 12.1 Å². The van der Waals surface area contributed by atoms with Gasteiger partial charge in [-0.3, -0.25) is 9.59 Å².